The Morgan fingerprint density at radius 2 is 2.27 bits per heavy atom. The standard InChI is InChI=1S/C9H15NO/c1-7-6-8(4-5-10)2-3-9(7)11/h6,11H,2-5,10H2,1H3. The van der Waals surface area contributed by atoms with Crippen molar-refractivity contribution >= 4 is 0 Å². The number of aliphatic hydroxyl groups excluding tert-OH is 1. The second-order valence-electron chi connectivity index (χ2n) is 2.97. The van der Waals surface area contributed by atoms with E-state index in [2.05, 4.69) is 0 Å². The number of rotatable bonds is 2. The zero-order chi connectivity index (χ0) is 8.27. The van der Waals surface area contributed by atoms with Crippen LogP contribution in [-0.4, -0.2) is 11.7 Å². The smallest absolute Gasteiger partial charge is 0.0954 e. The molecule has 0 atom stereocenters. The van der Waals surface area contributed by atoms with E-state index in [0.717, 1.165) is 24.8 Å². The maximum Gasteiger partial charge on any atom is 0.0954 e. The van der Waals surface area contributed by atoms with Crippen molar-refractivity contribution in [2.24, 2.45) is 5.73 Å². The Morgan fingerprint density at radius 3 is 2.82 bits per heavy atom. The number of allylic oxidation sites excluding steroid dienone is 3. The van der Waals surface area contributed by atoms with Gasteiger partial charge in [0.15, 0.2) is 0 Å². The lowest BCUT2D eigenvalue weighted by Gasteiger charge is -2.13. The first-order valence-electron chi connectivity index (χ1n) is 4.02. The number of aliphatic hydroxyl groups is 1. The minimum absolute atomic E-state index is 0.533. The van der Waals surface area contributed by atoms with Crippen LogP contribution in [0.1, 0.15) is 26.2 Å². The lowest BCUT2D eigenvalue weighted by Crippen LogP contribution is -2.04. The number of hydrogen-bond donors (Lipinski definition) is 2. The van der Waals surface area contributed by atoms with Crippen LogP contribution in [0.3, 0.4) is 0 Å². The Balaban J connectivity index is 2.64. The summed E-state index contributed by atoms with van der Waals surface area (Å²) in [6.07, 6.45) is 4.77. The molecule has 0 heterocycles. The summed E-state index contributed by atoms with van der Waals surface area (Å²) in [5.74, 6) is 0.533. The molecule has 0 aromatic rings. The summed E-state index contributed by atoms with van der Waals surface area (Å²) in [6.45, 7) is 2.64. The Bertz CT molecular complexity index is 200. The van der Waals surface area contributed by atoms with Crippen molar-refractivity contribution in [3.8, 4) is 0 Å². The van der Waals surface area contributed by atoms with Crippen LogP contribution in [0.4, 0.5) is 0 Å². The highest BCUT2D eigenvalue weighted by atomic mass is 16.3. The van der Waals surface area contributed by atoms with Crippen molar-refractivity contribution in [1.82, 2.24) is 0 Å². The predicted octanol–water partition coefficient (Wildman–Crippen LogP) is 1.89. The van der Waals surface area contributed by atoms with Gasteiger partial charge in [0, 0.05) is 6.42 Å². The first-order valence-corrected chi connectivity index (χ1v) is 4.02. The van der Waals surface area contributed by atoms with Crippen LogP contribution in [0.25, 0.3) is 0 Å². The molecule has 0 spiro atoms. The monoisotopic (exact) mass is 153 g/mol. The molecule has 0 saturated carbocycles. The van der Waals surface area contributed by atoms with E-state index in [1.807, 2.05) is 13.0 Å². The van der Waals surface area contributed by atoms with Gasteiger partial charge >= 0.3 is 0 Å². The lowest BCUT2D eigenvalue weighted by molar-refractivity contribution is 0.379. The zero-order valence-corrected chi connectivity index (χ0v) is 6.93. The van der Waals surface area contributed by atoms with Crippen LogP contribution in [0.15, 0.2) is 23.0 Å². The molecule has 62 valence electrons. The molecule has 0 fully saturated rings. The molecule has 0 saturated heterocycles. The van der Waals surface area contributed by atoms with Gasteiger partial charge in [-0.15, -0.1) is 0 Å². The van der Waals surface area contributed by atoms with Gasteiger partial charge in [0.2, 0.25) is 0 Å². The molecular formula is C9H15NO. The highest BCUT2D eigenvalue weighted by Gasteiger charge is 2.07. The van der Waals surface area contributed by atoms with E-state index < -0.39 is 0 Å². The van der Waals surface area contributed by atoms with E-state index in [0.29, 0.717) is 12.3 Å². The van der Waals surface area contributed by atoms with Crippen molar-refractivity contribution in [1.29, 1.82) is 0 Å². The summed E-state index contributed by atoms with van der Waals surface area (Å²) < 4.78 is 0. The minimum atomic E-state index is 0.533. The molecule has 0 aromatic carbocycles. The topological polar surface area (TPSA) is 46.2 Å². The van der Waals surface area contributed by atoms with E-state index in [1.54, 1.807) is 0 Å². The average molecular weight is 153 g/mol. The Morgan fingerprint density at radius 1 is 1.55 bits per heavy atom. The molecular weight excluding hydrogens is 138 g/mol. The number of hydrogen-bond acceptors (Lipinski definition) is 2. The summed E-state index contributed by atoms with van der Waals surface area (Å²) in [7, 11) is 0. The largest absolute Gasteiger partial charge is 0.512 e. The molecule has 1 aliphatic carbocycles. The normalized spacial score (nSPS) is 18.5. The van der Waals surface area contributed by atoms with E-state index in [9.17, 15) is 5.11 Å². The molecule has 0 aliphatic heterocycles. The highest BCUT2D eigenvalue weighted by molar-refractivity contribution is 5.28. The minimum Gasteiger partial charge on any atom is -0.512 e. The summed E-state index contributed by atoms with van der Waals surface area (Å²) in [5, 5.41) is 9.27. The van der Waals surface area contributed by atoms with Crippen molar-refractivity contribution in [3.63, 3.8) is 0 Å². The van der Waals surface area contributed by atoms with Gasteiger partial charge in [-0.2, -0.15) is 0 Å². The van der Waals surface area contributed by atoms with E-state index in [4.69, 9.17) is 5.73 Å². The summed E-state index contributed by atoms with van der Waals surface area (Å²) in [6, 6.07) is 0. The highest BCUT2D eigenvalue weighted by Crippen LogP contribution is 2.23. The van der Waals surface area contributed by atoms with Gasteiger partial charge in [0.25, 0.3) is 0 Å². The molecule has 2 heteroatoms. The molecule has 11 heavy (non-hydrogen) atoms. The van der Waals surface area contributed by atoms with Gasteiger partial charge in [-0.3, -0.25) is 0 Å². The average Bonchev–Trinajstić information content (AvgIpc) is 1.98. The fourth-order valence-corrected chi connectivity index (χ4v) is 1.32. The first-order chi connectivity index (χ1) is 5.24. The third-order valence-electron chi connectivity index (χ3n) is 2.02. The molecule has 2 nitrogen and oxygen atoms in total. The van der Waals surface area contributed by atoms with Crippen LogP contribution in [0.5, 0.6) is 0 Å². The second-order valence-corrected chi connectivity index (χ2v) is 2.97. The van der Waals surface area contributed by atoms with Crippen molar-refractivity contribution in [3.05, 3.63) is 23.0 Å². The van der Waals surface area contributed by atoms with Crippen molar-refractivity contribution < 1.29 is 5.11 Å². The van der Waals surface area contributed by atoms with Crippen molar-refractivity contribution in [2.75, 3.05) is 6.54 Å². The number of nitrogens with two attached hydrogens (primary N) is 1. The summed E-state index contributed by atoms with van der Waals surface area (Å²) in [4.78, 5) is 0. The Hall–Kier alpha value is -0.760. The quantitative estimate of drug-likeness (QED) is 0.636. The van der Waals surface area contributed by atoms with E-state index >= 15 is 0 Å². The Kier molecular flexibility index (Phi) is 2.71. The molecule has 0 unspecified atom stereocenters. The first kappa shape index (κ1) is 8.34. The van der Waals surface area contributed by atoms with Crippen LogP contribution < -0.4 is 5.73 Å². The van der Waals surface area contributed by atoms with E-state index in [1.165, 1.54) is 5.57 Å². The molecule has 0 aromatic heterocycles. The molecule has 1 rings (SSSR count). The third kappa shape index (κ3) is 2.09. The Labute approximate surface area is 67.4 Å². The SMILES string of the molecule is CC1=C(O)CCC(CCN)=C1. The predicted molar refractivity (Wildman–Crippen MR) is 46.3 cm³/mol. The van der Waals surface area contributed by atoms with Gasteiger partial charge in [-0.05, 0) is 31.9 Å². The van der Waals surface area contributed by atoms with Crippen LogP contribution in [0, 0.1) is 0 Å². The fourth-order valence-electron chi connectivity index (χ4n) is 1.32. The van der Waals surface area contributed by atoms with Gasteiger partial charge in [0.1, 0.15) is 0 Å². The second kappa shape index (κ2) is 3.58. The van der Waals surface area contributed by atoms with Gasteiger partial charge in [0.05, 0.1) is 5.76 Å². The van der Waals surface area contributed by atoms with Crippen LogP contribution in [-0.2, 0) is 0 Å². The third-order valence-corrected chi connectivity index (χ3v) is 2.02. The van der Waals surface area contributed by atoms with Gasteiger partial charge < -0.3 is 10.8 Å². The summed E-state index contributed by atoms with van der Waals surface area (Å²) >= 11 is 0. The molecule has 3 N–H and O–H groups in total. The van der Waals surface area contributed by atoms with Crippen LogP contribution >= 0.6 is 0 Å². The maximum atomic E-state index is 9.27. The molecule has 0 radical (unpaired) electrons. The van der Waals surface area contributed by atoms with Gasteiger partial charge in [-0.1, -0.05) is 11.6 Å². The molecule has 0 amide bonds. The van der Waals surface area contributed by atoms with Gasteiger partial charge in [-0.25, -0.2) is 0 Å². The molecule has 0 bridgehead atoms. The van der Waals surface area contributed by atoms with E-state index in [-0.39, 0.29) is 0 Å². The lowest BCUT2D eigenvalue weighted by atomic mass is 9.97. The molecule has 1 aliphatic rings. The van der Waals surface area contributed by atoms with Crippen LogP contribution in [0.2, 0.25) is 0 Å². The van der Waals surface area contributed by atoms with Crippen molar-refractivity contribution in [2.45, 2.75) is 26.2 Å². The fraction of sp³-hybridized carbons (Fsp3) is 0.556. The summed E-state index contributed by atoms with van der Waals surface area (Å²) in [5.41, 5.74) is 7.78. The maximum absolute atomic E-state index is 9.27. The zero-order valence-electron chi connectivity index (χ0n) is 6.93.